The maximum absolute atomic E-state index is 10.1. The number of H-pyrrole nitrogens is 1. The first-order valence-corrected chi connectivity index (χ1v) is 11.6. The van der Waals surface area contributed by atoms with Crippen molar-refractivity contribution in [1.82, 2.24) is 20.3 Å². The van der Waals surface area contributed by atoms with Crippen molar-refractivity contribution in [3.63, 3.8) is 0 Å². The molecular weight excluding hydrogens is 398 g/mol. The van der Waals surface area contributed by atoms with Crippen LogP contribution in [-0.4, -0.2) is 42.8 Å². The Labute approximate surface area is 191 Å². The molecule has 3 heterocycles. The minimum Gasteiger partial charge on any atom is -0.390 e. The van der Waals surface area contributed by atoms with Crippen molar-refractivity contribution in [3.05, 3.63) is 42.2 Å². The number of anilines is 1. The fourth-order valence-electron chi connectivity index (χ4n) is 5.26. The highest BCUT2D eigenvalue weighted by Gasteiger charge is 2.37. The molecule has 6 nitrogen and oxygen atoms in total. The van der Waals surface area contributed by atoms with Gasteiger partial charge >= 0.3 is 0 Å². The van der Waals surface area contributed by atoms with E-state index in [9.17, 15) is 5.11 Å². The van der Waals surface area contributed by atoms with E-state index >= 15 is 0 Å². The van der Waals surface area contributed by atoms with Crippen LogP contribution in [0.25, 0.3) is 22.2 Å². The molecule has 2 aromatic heterocycles. The first-order valence-electron chi connectivity index (χ1n) is 11.6. The van der Waals surface area contributed by atoms with Crippen LogP contribution in [-0.2, 0) is 6.42 Å². The molecule has 0 bridgehead atoms. The van der Waals surface area contributed by atoms with Gasteiger partial charge < -0.3 is 20.7 Å². The predicted octanol–water partition coefficient (Wildman–Crippen LogP) is 5.05. The smallest absolute Gasteiger partial charge is 0.223 e. The fraction of sp³-hybridized carbons (Fsp3) is 0.538. The van der Waals surface area contributed by atoms with Gasteiger partial charge in [-0.2, -0.15) is 0 Å². The standard InChI is InChI=1S/C26H37N5O/c1-24(2)14-18(15-25(3,4)31-24)29-23-27-13-11-21(30-23)20-16-28-22-17(8-7-9-19(20)22)10-12-26(5,6)32/h7-9,11,13,16,18,28,31-32H,10,12,14-15H2,1-6H3,(H,27,29,30). The van der Waals surface area contributed by atoms with Crippen LogP contribution >= 0.6 is 0 Å². The molecular formula is C26H37N5O. The highest BCUT2D eigenvalue weighted by atomic mass is 16.3. The average molecular weight is 436 g/mol. The van der Waals surface area contributed by atoms with Crippen LogP contribution in [0.2, 0.25) is 0 Å². The van der Waals surface area contributed by atoms with Gasteiger partial charge in [0.1, 0.15) is 0 Å². The first kappa shape index (κ1) is 22.7. The Balaban J connectivity index is 1.58. The summed E-state index contributed by atoms with van der Waals surface area (Å²) in [7, 11) is 0. The Morgan fingerprint density at radius 3 is 2.53 bits per heavy atom. The number of nitrogens with one attached hydrogen (secondary N) is 3. The predicted molar refractivity (Wildman–Crippen MR) is 132 cm³/mol. The minimum absolute atomic E-state index is 0.0629. The number of benzene rings is 1. The molecule has 32 heavy (non-hydrogen) atoms. The quantitative estimate of drug-likeness (QED) is 0.435. The summed E-state index contributed by atoms with van der Waals surface area (Å²) in [5, 5.41) is 18.6. The largest absolute Gasteiger partial charge is 0.390 e. The minimum atomic E-state index is -0.678. The molecule has 1 saturated heterocycles. The van der Waals surface area contributed by atoms with E-state index in [1.54, 1.807) is 0 Å². The lowest BCUT2D eigenvalue weighted by atomic mass is 9.80. The third kappa shape index (κ3) is 5.30. The summed E-state index contributed by atoms with van der Waals surface area (Å²) >= 11 is 0. The lowest BCUT2D eigenvalue weighted by molar-refractivity contribution is 0.0715. The summed E-state index contributed by atoms with van der Waals surface area (Å²) in [6, 6.07) is 8.61. The monoisotopic (exact) mass is 435 g/mol. The van der Waals surface area contributed by atoms with Gasteiger partial charge in [-0.25, -0.2) is 9.97 Å². The number of aromatic nitrogens is 3. The van der Waals surface area contributed by atoms with Crippen LogP contribution in [0.15, 0.2) is 36.7 Å². The summed E-state index contributed by atoms with van der Waals surface area (Å²) in [5.41, 5.74) is 3.75. The lowest BCUT2D eigenvalue weighted by Crippen LogP contribution is -2.60. The van der Waals surface area contributed by atoms with Crippen molar-refractivity contribution in [3.8, 4) is 11.3 Å². The SMILES string of the molecule is CC(C)(O)CCc1cccc2c(-c3ccnc(NC4CC(C)(C)NC(C)(C)C4)n3)c[nH]c12. The molecule has 1 aromatic carbocycles. The highest BCUT2D eigenvalue weighted by molar-refractivity contribution is 5.96. The van der Waals surface area contributed by atoms with E-state index in [2.05, 4.69) is 66.5 Å². The molecule has 4 N–H and O–H groups in total. The number of piperidine rings is 1. The van der Waals surface area contributed by atoms with Crippen LogP contribution in [0.5, 0.6) is 0 Å². The van der Waals surface area contributed by atoms with Gasteiger partial charge in [-0.3, -0.25) is 0 Å². The van der Waals surface area contributed by atoms with Crippen molar-refractivity contribution in [2.75, 3.05) is 5.32 Å². The third-order valence-electron chi connectivity index (χ3n) is 6.26. The van der Waals surface area contributed by atoms with Gasteiger partial charge in [0, 0.05) is 46.0 Å². The van der Waals surface area contributed by atoms with Crippen molar-refractivity contribution < 1.29 is 5.11 Å². The van der Waals surface area contributed by atoms with Crippen LogP contribution in [0, 0.1) is 0 Å². The summed E-state index contributed by atoms with van der Waals surface area (Å²) in [4.78, 5) is 12.8. The van der Waals surface area contributed by atoms with Crippen molar-refractivity contribution in [1.29, 1.82) is 0 Å². The van der Waals surface area contributed by atoms with Crippen LogP contribution in [0.3, 0.4) is 0 Å². The molecule has 0 unspecified atom stereocenters. The number of aromatic amines is 1. The number of para-hydroxylation sites is 1. The van der Waals surface area contributed by atoms with Gasteiger partial charge in [-0.05, 0) is 78.9 Å². The first-order chi connectivity index (χ1) is 14.9. The summed E-state index contributed by atoms with van der Waals surface area (Å²) in [6.45, 7) is 12.7. The van der Waals surface area contributed by atoms with Gasteiger partial charge in [0.15, 0.2) is 0 Å². The van der Waals surface area contributed by atoms with E-state index < -0.39 is 5.60 Å². The van der Waals surface area contributed by atoms with Gasteiger partial charge in [-0.1, -0.05) is 18.2 Å². The van der Waals surface area contributed by atoms with Crippen LogP contribution in [0.4, 0.5) is 5.95 Å². The Bertz CT molecular complexity index is 1080. The fourth-order valence-corrected chi connectivity index (χ4v) is 5.26. The molecule has 4 rings (SSSR count). The summed E-state index contributed by atoms with van der Waals surface area (Å²) in [5.74, 6) is 0.675. The van der Waals surface area contributed by atoms with Crippen molar-refractivity contribution >= 4 is 16.9 Å². The van der Waals surface area contributed by atoms with Crippen molar-refractivity contribution in [2.24, 2.45) is 0 Å². The van der Waals surface area contributed by atoms with Gasteiger partial charge in [-0.15, -0.1) is 0 Å². The zero-order valence-corrected chi connectivity index (χ0v) is 20.2. The molecule has 1 aliphatic rings. The molecule has 0 radical (unpaired) electrons. The number of aliphatic hydroxyl groups is 1. The lowest BCUT2D eigenvalue weighted by Gasteiger charge is -2.46. The number of rotatable bonds is 6. The average Bonchev–Trinajstić information content (AvgIpc) is 3.08. The van der Waals surface area contributed by atoms with Crippen LogP contribution in [0.1, 0.15) is 66.4 Å². The maximum Gasteiger partial charge on any atom is 0.223 e. The Kier molecular flexibility index (Phi) is 5.80. The molecule has 1 aliphatic heterocycles. The number of fused-ring (bicyclic) bond motifs is 1. The number of nitrogens with zero attached hydrogens (tertiary/aromatic N) is 2. The van der Waals surface area contributed by atoms with Crippen LogP contribution < -0.4 is 10.6 Å². The molecule has 1 fully saturated rings. The Morgan fingerprint density at radius 2 is 1.84 bits per heavy atom. The number of hydrogen-bond donors (Lipinski definition) is 4. The van der Waals surface area contributed by atoms with Gasteiger partial charge in [0.2, 0.25) is 5.95 Å². The maximum atomic E-state index is 10.1. The third-order valence-corrected chi connectivity index (χ3v) is 6.26. The van der Waals surface area contributed by atoms with E-state index in [0.29, 0.717) is 18.4 Å². The van der Waals surface area contributed by atoms with E-state index in [1.807, 2.05) is 32.3 Å². The number of hydrogen-bond acceptors (Lipinski definition) is 5. The zero-order valence-electron chi connectivity index (χ0n) is 20.2. The van der Waals surface area contributed by atoms with E-state index in [0.717, 1.165) is 41.4 Å². The van der Waals surface area contributed by atoms with E-state index in [1.165, 1.54) is 5.56 Å². The molecule has 0 atom stereocenters. The molecule has 0 spiro atoms. The van der Waals surface area contributed by atoms with Gasteiger partial charge in [0.25, 0.3) is 0 Å². The Morgan fingerprint density at radius 1 is 1.12 bits per heavy atom. The topological polar surface area (TPSA) is 85.9 Å². The molecule has 0 amide bonds. The van der Waals surface area contributed by atoms with E-state index in [4.69, 9.17) is 4.98 Å². The molecule has 172 valence electrons. The normalized spacial score (nSPS) is 18.7. The second-order valence-corrected chi connectivity index (χ2v) is 11.3. The summed E-state index contributed by atoms with van der Waals surface area (Å²) in [6.07, 6.45) is 7.42. The number of aryl methyl sites for hydroxylation is 1. The van der Waals surface area contributed by atoms with Gasteiger partial charge in [0.05, 0.1) is 11.3 Å². The van der Waals surface area contributed by atoms with Crippen molar-refractivity contribution in [2.45, 2.75) is 89.9 Å². The van der Waals surface area contributed by atoms with E-state index in [-0.39, 0.29) is 11.1 Å². The summed E-state index contributed by atoms with van der Waals surface area (Å²) < 4.78 is 0. The molecule has 0 aliphatic carbocycles. The zero-order chi connectivity index (χ0) is 23.1. The molecule has 3 aromatic rings. The Hall–Kier alpha value is -2.44. The molecule has 0 saturated carbocycles. The second-order valence-electron chi connectivity index (χ2n) is 11.3. The second kappa shape index (κ2) is 8.16. The molecule has 6 heteroatoms. The highest BCUT2D eigenvalue weighted by Crippen LogP contribution is 2.32.